The van der Waals surface area contributed by atoms with Crippen molar-refractivity contribution in [2.24, 2.45) is 4.99 Å². The number of thiazole rings is 1. The van der Waals surface area contributed by atoms with Crippen LogP contribution in [-0.2, 0) is 26.0 Å². The Morgan fingerprint density at radius 3 is 2.51 bits per heavy atom. The van der Waals surface area contributed by atoms with Gasteiger partial charge in [-0.05, 0) is 63.2 Å². The van der Waals surface area contributed by atoms with Crippen molar-refractivity contribution >= 4 is 37.5 Å². The molecule has 11 heteroatoms. The van der Waals surface area contributed by atoms with Gasteiger partial charge in [0, 0.05) is 31.8 Å². The van der Waals surface area contributed by atoms with Crippen LogP contribution in [0.1, 0.15) is 31.1 Å². The number of ether oxygens (including phenoxy) is 2. The molecule has 2 atom stereocenters. The summed E-state index contributed by atoms with van der Waals surface area (Å²) in [7, 11) is -3.71. The van der Waals surface area contributed by atoms with E-state index in [4.69, 9.17) is 9.47 Å². The first kappa shape index (κ1) is 25.6. The number of carbonyl (C=O) groups excluding carboxylic acids is 1. The third-order valence-electron chi connectivity index (χ3n) is 5.63. The third kappa shape index (κ3) is 5.70. The lowest BCUT2D eigenvalue weighted by atomic mass is 10.2. The Balaban J connectivity index is 1.62. The minimum absolute atomic E-state index is 0.111. The number of amides is 1. The fourth-order valence-corrected chi connectivity index (χ4v) is 6.72. The second-order valence-corrected chi connectivity index (χ2v) is 11.3. The summed E-state index contributed by atoms with van der Waals surface area (Å²) in [4.78, 5) is 17.7. The number of hydrogen-bond donors (Lipinski definition) is 0. The summed E-state index contributed by atoms with van der Waals surface area (Å²) in [6.07, 6.45) is -0.394. The van der Waals surface area contributed by atoms with E-state index in [1.807, 2.05) is 25.3 Å². The molecule has 0 radical (unpaired) electrons. The minimum Gasteiger partial charge on any atom is -0.380 e. The highest BCUT2D eigenvalue weighted by atomic mass is 32.2. The van der Waals surface area contributed by atoms with Gasteiger partial charge in [-0.25, -0.2) is 12.8 Å². The highest BCUT2D eigenvalue weighted by Gasteiger charge is 2.32. The number of nitrogens with zero attached hydrogens (tertiary/aromatic N) is 3. The van der Waals surface area contributed by atoms with E-state index in [1.165, 1.54) is 52.0 Å². The van der Waals surface area contributed by atoms with Crippen LogP contribution in [0.5, 0.6) is 0 Å². The summed E-state index contributed by atoms with van der Waals surface area (Å²) >= 11 is 1.21. The van der Waals surface area contributed by atoms with Crippen molar-refractivity contribution in [3.05, 3.63) is 58.6 Å². The molecule has 0 bridgehead atoms. The minimum atomic E-state index is -3.71. The van der Waals surface area contributed by atoms with Gasteiger partial charge in [-0.15, -0.1) is 0 Å². The third-order valence-corrected chi connectivity index (χ3v) is 8.52. The van der Waals surface area contributed by atoms with E-state index in [1.54, 1.807) is 6.07 Å². The summed E-state index contributed by atoms with van der Waals surface area (Å²) in [6, 6.07) is 10.2. The van der Waals surface area contributed by atoms with E-state index in [0.717, 1.165) is 5.52 Å². The fourth-order valence-electron chi connectivity index (χ4n) is 4.05. The highest BCUT2D eigenvalue weighted by molar-refractivity contribution is 7.89. The zero-order chi connectivity index (χ0) is 25.2. The van der Waals surface area contributed by atoms with Crippen LogP contribution >= 0.6 is 11.3 Å². The maximum absolute atomic E-state index is 13.7. The van der Waals surface area contributed by atoms with Crippen molar-refractivity contribution in [1.29, 1.82) is 0 Å². The predicted octanol–water partition coefficient (Wildman–Crippen LogP) is 3.42. The maximum Gasteiger partial charge on any atom is 0.279 e. The van der Waals surface area contributed by atoms with Crippen molar-refractivity contribution in [3.63, 3.8) is 0 Å². The molecule has 1 aliphatic rings. The van der Waals surface area contributed by atoms with Gasteiger partial charge in [0.15, 0.2) is 4.80 Å². The van der Waals surface area contributed by atoms with Gasteiger partial charge in [-0.1, -0.05) is 11.3 Å². The Labute approximate surface area is 207 Å². The summed E-state index contributed by atoms with van der Waals surface area (Å²) in [5.41, 5.74) is 1.02. The number of rotatable bonds is 7. The topological polar surface area (TPSA) is 90.2 Å². The largest absolute Gasteiger partial charge is 0.380 e. The van der Waals surface area contributed by atoms with Gasteiger partial charge in [-0.2, -0.15) is 9.30 Å². The van der Waals surface area contributed by atoms with Crippen LogP contribution in [0.25, 0.3) is 10.2 Å². The van der Waals surface area contributed by atoms with Crippen molar-refractivity contribution in [2.45, 2.75) is 44.4 Å². The number of fused-ring (bicyclic) bond motifs is 1. The Kier molecular flexibility index (Phi) is 7.82. The first-order chi connectivity index (χ1) is 16.7. The van der Waals surface area contributed by atoms with Gasteiger partial charge in [0.05, 0.1) is 33.9 Å². The SMILES string of the molecule is CCOCCn1c(=NC(=O)c2ccc(S(=O)(=O)N3C[C@@H](C)O[C@H](C)C3)cc2)sc2cc(F)ccc21. The first-order valence-corrected chi connectivity index (χ1v) is 13.7. The Bertz CT molecular complexity index is 1370. The maximum atomic E-state index is 13.7. The van der Waals surface area contributed by atoms with Crippen molar-refractivity contribution in [3.8, 4) is 0 Å². The summed E-state index contributed by atoms with van der Waals surface area (Å²) in [6.45, 7) is 7.55. The van der Waals surface area contributed by atoms with Crippen LogP contribution < -0.4 is 4.80 Å². The molecule has 1 amide bonds. The van der Waals surface area contributed by atoms with Gasteiger partial charge in [0.1, 0.15) is 5.82 Å². The molecule has 35 heavy (non-hydrogen) atoms. The lowest BCUT2D eigenvalue weighted by Crippen LogP contribution is -2.48. The average molecular weight is 522 g/mol. The molecule has 188 valence electrons. The van der Waals surface area contributed by atoms with Crippen LogP contribution in [-0.4, -0.2) is 61.7 Å². The number of halogens is 1. The molecule has 1 aromatic heterocycles. The molecular formula is C24H28FN3O5S2. The molecule has 1 aliphatic heterocycles. The van der Waals surface area contributed by atoms with Gasteiger partial charge >= 0.3 is 0 Å². The number of hydrogen-bond acceptors (Lipinski definition) is 6. The van der Waals surface area contributed by atoms with E-state index in [-0.39, 0.29) is 41.6 Å². The number of carbonyl (C=O) groups is 1. The summed E-state index contributed by atoms with van der Waals surface area (Å²) in [5, 5.41) is 0. The Hall–Kier alpha value is -2.44. The van der Waals surface area contributed by atoms with Crippen LogP contribution in [0.3, 0.4) is 0 Å². The number of sulfonamides is 1. The first-order valence-electron chi connectivity index (χ1n) is 11.4. The van der Waals surface area contributed by atoms with Gasteiger partial charge in [0.25, 0.3) is 5.91 Å². The molecular weight excluding hydrogens is 493 g/mol. The number of morpholine rings is 1. The summed E-state index contributed by atoms with van der Waals surface area (Å²) < 4.78 is 54.8. The fraction of sp³-hybridized carbons (Fsp3) is 0.417. The van der Waals surface area contributed by atoms with E-state index in [9.17, 15) is 17.6 Å². The highest BCUT2D eigenvalue weighted by Crippen LogP contribution is 2.22. The van der Waals surface area contributed by atoms with Crippen molar-refractivity contribution < 1.29 is 27.1 Å². The quantitative estimate of drug-likeness (QED) is 0.445. The number of benzene rings is 2. The van der Waals surface area contributed by atoms with Crippen molar-refractivity contribution in [1.82, 2.24) is 8.87 Å². The van der Waals surface area contributed by atoms with E-state index in [0.29, 0.717) is 29.3 Å². The molecule has 4 rings (SSSR count). The normalized spacial score (nSPS) is 19.9. The van der Waals surface area contributed by atoms with Gasteiger partial charge in [0.2, 0.25) is 10.0 Å². The molecule has 0 aliphatic carbocycles. The van der Waals surface area contributed by atoms with Crippen LogP contribution in [0.2, 0.25) is 0 Å². The summed E-state index contributed by atoms with van der Waals surface area (Å²) in [5.74, 6) is -0.880. The molecule has 8 nitrogen and oxygen atoms in total. The number of aromatic nitrogens is 1. The van der Waals surface area contributed by atoms with Crippen LogP contribution in [0.4, 0.5) is 4.39 Å². The molecule has 3 aromatic rings. The van der Waals surface area contributed by atoms with Gasteiger partial charge in [-0.3, -0.25) is 4.79 Å². The second kappa shape index (κ2) is 10.7. The molecule has 2 heterocycles. The van der Waals surface area contributed by atoms with E-state index in [2.05, 4.69) is 4.99 Å². The Morgan fingerprint density at radius 1 is 1.17 bits per heavy atom. The predicted molar refractivity (Wildman–Crippen MR) is 131 cm³/mol. The monoisotopic (exact) mass is 521 g/mol. The standard InChI is InChI=1S/C24H28FN3O5S2/c1-4-32-12-11-28-21-10-7-19(25)13-22(21)34-24(28)26-23(29)18-5-8-20(9-6-18)35(30,31)27-14-16(2)33-17(3)15-27/h5-10,13,16-17H,4,11-12,14-15H2,1-3H3/t16-,17-/m1/s1. The Morgan fingerprint density at radius 2 is 1.86 bits per heavy atom. The van der Waals surface area contributed by atoms with Crippen molar-refractivity contribution in [2.75, 3.05) is 26.3 Å². The molecule has 0 spiro atoms. The zero-order valence-electron chi connectivity index (χ0n) is 19.8. The smallest absolute Gasteiger partial charge is 0.279 e. The molecule has 1 fully saturated rings. The zero-order valence-corrected chi connectivity index (χ0v) is 21.4. The lowest BCUT2D eigenvalue weighted by Gasteiger charge is -2.34. The van der Waals surface area contributed by atoms with Gasteiger partial charge < -0.3 is 14.0 Å². The van der Waals surface area contributed by atoms with E-state index >= 15 is 0 Å². The molecule has 0 N–H and O–H groups in total. The molecule has 0 saturated carbocycles. The average Bonchev–Trinajstić information content (AvgIpc) is 3.14. The molecule has 2 aromatic carbocycles. The van der Waals surface area contributed by atoms with Crippen LogP contribution in [0, 0.1) is 5.82 Å². The molecule has 1 saturated heterocycles. The molecule has 0 unspecified atom stereocenters. The second-order valence-electron chi connectivity index (χ2n) is 8.37. The van der Waals surface area contributed by atoms with Crippen LogP contribution in [0.15, 0.2) is 52.4 Å². The van der Waals surface area contributed by atoms with E-state index < -0.39 is 15.9 Å². The lowest BCUT2D eigenvalue weighted by molar-refractivity contribution is -0.0440.